The van der Waals surface area contributed by atoms with E-state index in [1.807, 2.05) is 24.4 Å². The van der Waals surface area contributed by atoms with Crippen LogP contribution in [0.4, 0.5) is 11.8 Å². The van der Waals surface area contributed by atoms with E-state index < -0.39 is 0 Å². The molecule has 0 bridgehead atoms. The summed E-state index contributed by atoms with van der Waals surface area (Å²) in [7, 11) is 1.63. The average molecular weight is 348 g/mol. The lowest BCUT2D eigenvalue weighted by Crippen LogP contribution is -2.17. The van der Waals surface area contributed by atoms with Gasteiger partial charge >= 0.3 is 0 Å². The zero-order chi connectivity index (χ0) is 17.7. The second-order valence-corrected chi connectivity index (χ2v) is 7.06. The number of carbonyl (C=O) groups excluding carboxylic acids is 1. The zero-order valence-electron chi connectivity index (χ0n) is 14.5. The van der Waals surface area contributed by atoms with Gasteiger partial charge < -0.3 is 16.0 Å². The van der Waals surface area contributed by atoms with Gasteiger partial charge in [0.15, 0.2) is 5.82 Å². The Bertz CT molecular complexity index is 1030. The highest BCUT2D eigenvalue weighted by molar-refractivity contribution is 6.10. The Balaban J connectivity index is 1.68. The maximum Gasteiger partial charge on any atom is 0.251 e. The van der Waals surface area contributed by atoms with Crippen LogP contribution in [0.15, 0.2) is 24.4 Å². The fourth-order valence-electron chi connectivity index (χ4n) is 3.07. The first-order valence-electron chi connectivity index (χ1n) is 9.07. The molecule has 0 spiro atoms. The molecule has 2 fully saturated rings. The van der Waals surface area contributed by atoms with Gasteiger partial charge in [-0.25, -0.2) is 15.0 Å². The number of hydrogen-bond acceptors (Lipinski definition) is 6. The third kappa shape index (κ3) is 2.79. The molecule has 2 aromatic heterocycles. The van der Waals surface area contributed by atoms with Gasteiger partial charge in [-0.1, -0.05) is 6.07 Å². The number of benzene rings is 1. The van der Waals surface area contributed by atoms with Crippen molar-refractivity contribution in [3.63, 3.8) is 0 Å². The Morgan fingerprint density at radius 1 is 1.04 bits per heavy atom. The van der Waals surface area contributed by atoms with Crippen LogP contribution >= 0.6 is 0 Å². The highest BCUT2D eigenvalue weighted by atomic mass is 16.1. The molecule has 2 aliphatic carbocycles. The summed E-state index contributed by atoms with van der Waals surface area (Å²) < 4.78 is 0. The van der Waals surface area contributed by atoms with Crippen LogP contribution in [-0.4, -0.2) is 40.0 Å². The monoisotopic (exact) mass is 348 g/mol. The molecule has 7 nitrogen and oxygen atoms in total. The average Bonchev–Trinajstić information content (AvgIpc) is 3.57. The van der Waals surface area contributed by atoms with Crippen LogP contribution in [0.2, 0.25) is 0 Å². The molecule has 0 atom stereocenters. The van der Waals surface area contributed by atoms with Gasteiger partial charge in [0.05, 0.1) is 5.52 Å². The second-order valence-electron chi connectivity index (χ2n) is 7.06. The molecule has 0 aliphatic heterocycles. The molecule has 132 valence electrons. The number of hydrogen-bond donors (Lipinski definition) is 3. The van der Waals surface area contributed by atoms with Crippen molar-refractivity contribution in [1.82, 2.24) is 20.3 Å². The van der Waals surface area contributed by atoms with Gasteiger partial charge in [0.25, 0.3) is 5.91 Å². The number of pyridine rings is 1. The quantitative estimate of drug-likeness (QED) is 0.614. The number of nitrogens with one attached hydrogen (secondary N) is 3. The summed E-state index contributed by atoms with van der Waals surface area (Å²) >= 11 is 0. The molecule has 5 rings (SSSR count). The molecule has 3 aromatic rings. The molecule has 2 saturated carbocycles. The Hall–Kier alpha value is -2.96. The van der Waals surface area contributed by atoms with Crippen molar-refractivity contribution in [2.75, 3.05) is 17.7 Å². The number of amides is 1. The van der Waals surface area contributed by atoms with E-state index in [1.165, 1.54) is 12.8 Å². The van der Waals surface area contributed by atoms with Crippen LogP contribution in [0.5, 0.6) is 0 Å². The lowest BCUT2D eigenvalue weighted by Gasteiger charge is -2.12. The number of aromatic nitrogens is 3. The molecule has 0 saturated heterocycles. The lowest BCUT2D eigenvalue weighted by molar-refractivity contribution is 0.0963. The van der Waals surface area contributed by atoms with Gasteiger partial charge in [-0.3, -0.25) is 4.79 Å². The van der Waals surface area contributed by atoms with Crippen LogP contribution < -0.4 is 16.0 Å². The summed E-state index contributed by atoms with van der Waals surface area (Å²) in [6.07, 6.45) is 6.50. The minimum Gasteiger partial charge on any atom is -0.366 e. The van der Waals surface area contributed by atoms with E-state index in [-0.39, 0.29) is 5.91 Å². The summed E-state index contributed by atoms with van der Waals surface area (Å²) in [5.41, 5.74) is 2.20. The van der Waals surface area contributed by atoms with Gasteiger partial charge in [0.1, 0.15) is 5.52 Å². The minimum atomic E-state index is -0.120. The van der Waals surface area contributed by atoms with Crippen molar-refractivity contribution < 1.29 is 4.79 Å². The number of carbonyl (C=O) groups is 1. The van der Waals surface area contributed by atoms with E-state index in [2.05, 4.69) is 20.9 Å². The molecular weight excluding hydrogens is 328 g/mol. The summed E-state index contributed by atoms with van der Waals surface area (Å²) in [5, 5.41) is 11.4. The molecule has 7 heteroatoms. The first kappa shape index (κ1) is 15.3. The number of anilines is 2. The second kappa shape index (κ2) is 5.79. The number of rotatable bonds is 5. The van der Waals surface area contributed by atoms with Crippen LogP contribution in [-0.2, 0) is 0 Å². The first-order chi connectivity index (χ1) is 12.7. The van der Waals surface area contributed by atoms with Gasteiger partial charge in [-0.05, 0) is 37.8 Å². The van der Waals surface area contributed by atoms with Crippen LogP contribution in [0.3, 0.4) is 0 Å². The first-order valence-corrected chi connectivity index (χ1v) is 9.07. The van der Waals surface area contributed by atoms with Crippen molar-refractivity contribution in [3.8, 4) is 0 Å². The van der Waals surface area contributed by atoms with Crippen molar-refractivity contribution in [2.45, 2.75) is 37.8 Å². The van der Waals surface area contributed by atoms with Crippen LogP contribution in [0.1, 0.15) is 36.0 Å². The van der Waals surface area contributed by atoms with E-state index in [1.54, 1.807) is 7.05 Å². The topological polar surface area (TPSA) is 91.8 Å². The third-order valence-corrected chi connectivity index (χ3v) is 4.85. The molecule has 2 heterocycles. The highest BCUT2D eigenvalue weighted by Gasteiger charge is 2.25. The predicted molar refractivity (Wildman–Crippen MR) is 102 cm³/mol. The third-order valence-electron chi connectivity index (χ3n) is 4.85. The molecular formula is C19H20N6O. The SMILES string of the molecule is CNC(=O)c1ccc2c(c1)nc(NC1CC1)c1nc(NC3CC3)ncc12. The Labute approximate surface area is 150 Å². The standard InChI is InChI=1S/C19H20N6O/c1-20-18(26)10-2-7-13-14-9-21-19(23-12-5-6-12)25-16(14)17(22-11-3-4-11)24-15(13)8-10/h2,7-9,11-12H,3-6H2,1H3,(H,20,26)(H,22,24)(H,21,23,25). The van der Waals surface area contributed by atoms with Gasteiger partial charge in [0.2, 0.25) is 5.95 Å². The largest absolute Gasteiger partial charge is 0.366 e. The normalized spacial score (nSPS) is 16.7. The molecule has 0 radical (unpaired) electrons. The van der Waals surface area contributed by atoms with Crippen LogP contribution in [0.25, 0.3) is 21.8 Å². The maximum atomic E-state index is 12.0. The van der Waals surface area contributed by atoms with Crippen molar-refractivity contribution in [2.24, 2.45) is 0 Å². The molecule has 26 heavy (non-hydrogen) atoms. The Morgan fingerprint density at radius 3 is 2.54 bits per heavy atom. The molecule has 3 N–H and O–H groups in total. The van der Waals surface area contributed by atoms with E-state index in [4.69, 9.17) is 9.97 Å². The summed E-state index contributed by atoms with van der Waals surface area (Å²) in [5.74, 6) is 1.30. The molecule has 2 aliphatic rings. The van der Waals surface area contributed by atoms with Crippen molar-refractivity contribution >= 4 is 39.5 Å². The summed E-state index contributed by atoms with van der Waals surface area (Å²) in [4.78, 5) is 26.0. The van der Waals surface area contributed by atoms with E-state index in [0.29, 0.717) is 23.6 Å². The van der Waals surface area contributed by atoms with Gasteiger partial charge in [-0.15, -0.1) is 0 Å². The maximum absolute atomic E-state index is 12.0. The fraction of sp³-hybridized carbons (Fsp3) is 0.368. The van der Waals surface area contributed by atoms with Crippen LogP contribution in [0, 0.1) is 0 Å². The predicted octanol–water partition coefficient (Wildman–Crippen LogP) is 2.69. The smallest absolute Gasteiger partial charge is 0.251 e. The molecule has 1 aromatic carbocycles. The van der Waals surface area contributed by atoms with Crippen molar-refractivity contribution in [3.05, 3.63) is 30.0 Å². The molecule has 1 amide bonds. The van der Waals surface area contributed by atoms with Crippen molar-refractivity contribution in [1.29, 1.82) is 0 Å². The fourth-order valence-corrected chi connectivity index (χ4v) is 3.07. The van der Waals surface area contributed by atoms with E-state index in [9.17, 15) is 4.79 Å². The summed E-state index contributed by atoms with van der Waals surface area (Å²) in [6.45, 7) is 0. The van der Waals surface area contributed by atoms with E-state index in [0.717, 1.165) is 40.5 Å². The molecule has 0 unspecified atom stereocenters. The lowest BCUT2D eigenvalue weighted by atomic mass is 10.1. The van der Waals surface area contributed by atoms with Gasteiger partial charge in [-0.2, -0.15) is 0 Å². The number of nitrogens with zero attached hydrogens (tertiary/aromatic N) is 3. The van der Waals surface area contributed by atoms with E-state index >= 15 is 0 Å². The van der Waals surface area contributed by atoms with Gasteiger partial charge in [0, 0.05) is 41.7 Å². The summed E-state index contributed by atoms with van der Waals surface area (Å²) in [6, 6.07) is 6.51. The zero-order valence-corrected chi connectivity index (χ0v) is 14.5. The number of fused-ring (bicyclic) bond motifs is 3. The highest BCUT2D eigenvalue weighted by Crippen LogP contribution is 2.33. The Kier molecular flexibility index (Phi) is 3.41. The Morgan fingerprint density at radius 2 is 1.81 bits per heavy atom. The minimum absolute atomic E-state index is 0.120.